The first-order chi connectivity index (χ1) is 10.1. The molecule has 1 N–H and O–H groups in total. The highest BCUT2D eigenvalue weighted by Gasteiger charge is 2.14. The molecule has 0 bridgehead atoms. The highest BCUT2D eigenvalue weighted by atomic mass is 35.5. The summed E-state index contributed by atoms with van der Waals surface area (Å²) >= 11 is 7.99. The Bertz CT molecular complexity index is 753. The lowest BCUT2D eigenvalue weighted by molar-refractivity contribution is 0.494. The number of aromatic nitrogens is 1. The van der Waals surface area contributed by atoms with E-state index in [1.54, 1.807) is 11.3 Å². The van der Waals surface area contributed by atoms with Gasteiger partial charge in [0.25, 0.3) is 0 Å². The standard InChI is InChI=1S/C17H17ClN2S/c1-11(13-9-17-16(19-10-13)7-8-21-17)20-12(2)14-5-3-4-6-15(14)18/h3-12,20H,1-2H3/t11?,12-/m1/s1. The maximum atomic E-state index is 6.26. The zero-order valence-corrected chi connectivity index (χ0v) is 13.6. The number of pyridine rings is 1. The SMILES string of the molecule is CC(N[C@H](C)c1ccccc1Cl)c1cnc2ccsc2c1. The van der Waals surface area contributed by atoms with E-state index in [2.05, 4.69) is 41.7 Å². The molecule has 2 aromatic heterocycles. The summed E-state index contributed by atoms with van der Waals surface area (Å²) in [6, 6.07) is 12.6. The third-order valence-corrected chi connectivity index (χ3v) is 4.89. The molecule has 3 rings (SSSR count). The molecule has 0 aliphatic heterocycles. The first-order valence-electron chi connectivity index (χ1n) is 6.99. The maximum absolute atomic E-state index is 6.26. The van der Waals surface area contributed by atoms with Crippen molar-refractivity contribution in [1.82, 2.24) is 10.3 Å². The fraction of sp³-hybridized carbons (Fsp3) is 0.235. The summed E-state index contributed by atoms with van der Waals surface area (Å²) in [5.74, 6) is 0. The molecule has 2 heterocycles. The maximum Gasteiger partial charge on any atom is 0.0809 e. The Morgan fingerprint density at radius 2 is 1.95 bits per heavy atom. The van der Waals surface area contributed by atoms with E-state index in [1.165, 1.54) is 10.3 Å². The van der Waals surface area contributed by atoms with E-state index in [1.807, 2.05) is 30.5 Å². The second-order valence-corrected chi connectivity index (χ2v) is 6.56. The van der Waals surface area contributed by atoms with Gasteiger partial charge in [-0.3, -0.25) is 4.98 Å². The van der Waals surface area contributed by atoms with Gasteiger partial charge in [0, 0.05) is 23.3 Å². The number of hydrogen-bond donors (Lipinski definition) is 1. The van der Waals surface area contributed by atoms with Gasteiger partial charge in [-0.25, -0.2) is 0 Å². The summed E-state index contributed by atoms with van der Waals surface area (Å²) < 4.78 is 1.23. The van der Waals surface area contributed by atoms with Gasteiger partial charge in [-0.15, -0.1) is 11.3 Å². The van der Waals surface area contributed by atoms with E-state index in [0.29, 0.717) is 0 Å². The summed E-state index contributed by atoms with van der Waals surface area (Å²) in [6.07, 6.45) is 1.95. The van der Waals surface area contributed by atoms with Gasteiger partial charge in [-0.2, -0.15) is 0 Å². The average Bonchev–Trinajstić information content (AvgIpc) is 2.94. The molecule has 108 valence electrons. The van der Waals surface area contributed by atoms with Crippen LogP contribution in [0.4, 0.5) is 0 Å². The zero-order valence-electron chi connectivity index (χ0n) is 12.0. The van der Waals surface area contributed by atoms with E-state index >= 15 is 0 Å². The van der Waals surface area contributed by atoms with Gasteiger partial charge < -0.3 is 5.32 Å². The second-order valence-electron chi connectivity index (χ2n) is 5.20. The van der Waals surface area contributed by atoms with Crippen molar-refractivity contribution in [2.24, 2.45) is 0 Å². The Kier molecular flexibility index (Phi) is 4.24. The summed E-state index contributed by atoms with van der Waals surface area (Å²) in [5.41, 5.74) is 3.38. The van der Waals surface area contributed by atoms with Crippen molar-refractivity contribution in [2.45, 2.75) is 25.9 Å². The van der Waals surface area contributed by atoms with E-state index in [0.717, 1.165) is 16.1 Å². The minimum absolute atomic E-state index is 0.188. The third-order valence-electron chi connectivity index (χ3n) is 3.70. The zero-order chi connectivity index (χ0) is 14.8. The first-order valence-corrected chi connectivity index (χ1v) is 8.24. The van der Waals surface area contributed by atoms with Crippen molar-refractivity contribution in [1.29, 1.82) is 0 Å². The highest BCUT2D eigenvalue weighted by Crippen LogP contribution is 2.27. The van der Waals surface area contributed by atoms with Crippen LogP contribution in [0.1, 0.15) is 37.1 Å². The van der Waals surface area contributed by atoms with Crippen LogP contribution >= 0.6 is 22.9 Å². The molecular formula is C17H17ClN2S. The van der Waals surface area contributed by atoms with Gasteiger partial charge in [0.2, 0.25) is 0 Å². The first kappa shape index (κ1) is 14.5. The van der Waals surface area contributed by atoms with Gasteiger partial charge in [0.15, 0.2) is 0 Å². The van der Waals surface area contributed by atoms with Crippen molar-refractivity contribution in [3.63, 3.8) is 0 Å². The highest BCUT2D eigenvalue weighted by molar-refractivity contribution is 7.17. The van der Waals surface area contributed by atoms with E-state index in [4.69, 9.17) is 11.6 Å². The molecule has 0 saturated heterocycles. The van der Waals surface area contributed by atoms with Crippen LogP contribution in [0, 0.1) is 0 Å². The number of nitrogens with zero attached hydrogens (tertiary/aromatic N) is 1. The summed E-state index contributed by atoms with van der Waals surface area (Å²) in [7, 11) is 0. The number of benzene rings is 1. The second kappa shape index (κ2) is 6.14. The minimum atomic E-state index is 0.188. The summed E-state index contributed by atoms with van der Waals surface area (Å²) in [5, 5.41) is 6.47. The largest absolute Gasteiger partial charge is 0.304 e. The lowest BCUT2D eigenvalue weighted by Gasteiger charge is -2.21. The van der Waals surface area contributed by atoms with Crippen LogP contribution in [0.2, 0.25) is 5.02 Å². The number of hydrogen-bond acceptors (Lipinski definition) is 3. The molecule has 0 aliphatic carbocycles. The normalized spacial score (nSPS) is 14.2. The van der Waals surface area contributed by atoms with E-state index < -0.39 is 0 Å². The molecule has 0 fully saturated rings. The molecule has 3 aromatic rings. The van der Waals surface area contributed by atoms with Crippen LogP contribution in [0.15, 0.2) is 48.0 Å². The molecule has 1 unspecified atom stereocenters. The van der Waals surface area contributed by atoms with Gasteiger partial charge in [0.1, 0.15) is 0 Å². The van der Waals surface area contributed by atoms with E-state index in [9.17, 15) is 0 Å². The Morgan fingerprint density at radius 3 is 2.76 bits per heavy atom. The Morgan fingerprint density at radius 1 is 1.14 bits per heavy atom. The van der Waals surface area contributed by atoms with Gasteiger partial charge in [0.05, 0.1) is 10.2 Å². The van der Waals surface area contributed by atoms with Crippen LogP contribution in [-0.4, -0.2) is 4.98 Å². The van der Waals surface area contributed by atoms with Crippen LogP contribution in [0.25, 0.3) is 10.2 Å². The summed E-state index contributed by atoms with van der Waals surface area (Å²) in [6.45, 7) is 4.29. The van der Waals surface area contributed by atoms with Crippen molar-refractivity contribution in [3.05, 3.63) is 64.1 Å². The lowest BCUT2D eigenvalue weighted by Crippen LogP contribution is -2.22. The number of nitrogens with one attached hydrogen (secondary N) is 1. The van der Waals surface area contributed by atoms with Crippen LogP contribution in [0.5, 0.6) is 0 Å². The topological polar surface area (TPSA) is 24.9 Å². The predicted octanol–water partition coefficient (Wildman–Crippen LogP) is 5.36. The molecule has 0 radical (unpaired) electrons. The average molecular weight is 317 g/mol. The Balaban J connectivity index is 1.79. The molecule has 4 heteroatoms. The molecule has 0 spiro atoms. The molecule has 0 amide bonds. The monoisotopic (exact) mass is 316 g/mol. The molecular weight excluding hydrogens is 300 g/mol. The molecule has 0 saturated carbocycles. The summed E-state index contributed by atoms with van der Waals surface area (Å²) in [4.78, 5) is 4.50. The fourth-order valence-electron chi connectivity index (χ4n) is 2.49. The molecule has 2 nitrogen and oxygen atoms in total. The third kappa shape index (κ3) is 3.10. The number of halogens is 1. The van der Waals surface area contributed by atoms with Crippen molar-refractivity contribution >= 4 is 33.2 Å². The number of fused-ring (bicyclic) bond motifs is 1. The van der Waals surface area contributed by atoms with Crippen molar-refractivity contribution in [2.75, 3.05) is 0 Å². The number of thiophene rings is 1. The van der Waals surface area contributed by atoms with Crippen molar-refractivity contribution < 1.29 is 0 Å². The van der Waals surface area contributed by atoms with Crippen LogP contribution in [0.3, 0.4) is 0 Å². The molecule has 21 heavy (non-hydrogen) atoms. The lowest BCUT2D eigenvalue weighted by atomic mass is 10.1. The van der Waals surface area contributed by atoms with Gasteiger partial charge in [-0.1, -0.05) is 29.8 Å². The van der Waals surface area contributed by atoms with Gasteiger partial charge >= 0.3 is 0 Å². The minimum Gasteiger partial charge on any atom is -0.304 e. The number of rotatable bonds is 4. The molecule has 0 aliphatic rings. The van der Waals surface area contributed by atoms with Crippen LogP contribution < -0.4 is 5.32 Å². The predicted molar refractivity (Wildman–Crippen MR) is 91.0 cm³/mol. The fourth-order valence-corrected chi connectivity index (χ4v) is 3.57. The smallest absolute Gasteiger partial charge is 0.0809 e. The van der Waals surface area contributed by atoms with E-state index in [-0.39, 0.29) is 12.1 Å². The quantitative estimate of drug-likeness (QED) is 0.700. The van der Waals surface area contributed by atoms with Crippen molar-refractivity contribution in [3.8, 4) is 0 Å². The molecule has 2 atom stereocenters. The van der Waals surface area contributed by atoms with Gasteiger partial charge in [-0.05, 0) is 48.6 Å². The Labute approximate surface area is 133 Å². The Hall–Kier alpha value is -1.42. The van der Waals surface area contributed by atoms with Crippen LogP contribution in [-0.2, 0) is 0 Å². The molecule has 1 aromatic carbocycles.